The lowest BCUT2D eigenvalue weighted by Crippen LogP contribution is -2.45. The van der Waals surface area contributed by atoms with E-state index in [1.165, 1.54) is 19.3 Å². The van der Waals surface area contributed by atoms with Crippen molar-refractivity contribution in [1.82, 2.24) is 10.6 Å². The lowest BCUT2D eigenvalue weighted by atomic mass is 9.96. The minimum atomic E-state index is -0.466. The van der Waals surface area contributed by atoms with Crippen LogP contribution in [-0.2, 0) is 4.74 Å². The van der Waals surface area contributed by atoms with Crippen molar-refractivity contribution in [3.63, 3.8) is 0 Å². The first-order valence-corrected chi connectivity index (χ1v) is 6.73. The molecular formula is C12H22N2O2S. The summed E-state index contributed by atoms with van der Waals surface area (Å²) in [6.45, 7) is 4.40. The first kappa shape index (κ1) is 14.2. The molecule has 0 heterocycles. The first-order chi connectivity index (χ1) is 8.08. The smallest absolute Gasteiger partial charge is 0.413 e. The zero-order chi connectivity index (χ0) is 12.7. The molecule has 1 saturated carbocycles. The molecule has 1 rings (SSSR count). The zero-order valence-corrected chi connectivity index (χ0v) is 11.4. The van der Waals surface area contributed by atoms with Crippen molar-refractivity contribution in [2.24, 2.45) is 5.92 Å². The molecule has 98 valence electrons. The van der Waals surface area contributed by atoms with Gasteiger partial charge in [0.05, 0.1) is 6.61 Å². The van der Waals surface area contributed by atoms with Gasteiger partial charge in [0.25, 0.3) is 0 Å². The van der Waals surface area contributed by atoms with Crippen LogP contribution < -0.4 is 10.6 Å². The van der Waals surface area contributed by atoms with Crippen molar-refractivity contribution in [1.29, 1.82) is 0 Å². The highest BCUT2D eigenvalue weighted by Gasteiger charge is 2.15. The number of nitrogens with one attached hydrogen (secondary N) is 2. The summed E-state index contributed by atoms with van der Waals surface area (Å²) >= 11 is 5.07. The quantitative estimate of drug-likeness (QED) is 0.764. The fourth-order valence-electron chi connectivity index (χ4n) is 1.84. The summed E-state index contributed by atoms with van der Waals surface area (Å²) in [5, 5.41) is 6.08. The van der Waals surface area contributed by atoms with Crippen molar-refractivity contribution in [2.75, 3.05) is 6.61 Å². The summed E-state index contributed by atoms with van der Waals surface area (Å²) < 4.78 is 4.99. The summed E-state index contributed by atoms with van der Waals surface area (Å²) in [5.41, 5.74) is 0. The molecule has 1 aliphatic carbocycles. The molecule has 0 saturated heterocycles. The predicted molar refractivity (Wildman–Crippen MR) is 71.9 cm³/mol. The lowest BCUT2D eigenvalue weighted by Gasteiger charge is -2.24. The predicted octanol–water partition coefficient (Wildman–Crippen LogP) is 2.58. The Hall–Kier alpha value is -0.840. The molecule has 1 aliphatic rings. The van der Waals surface area contributed by atoms with Crippen LogP contribution in [0.4, 0.5) is 4.79 Å². The molecule has 2 N–H and O–H groups in total. The second-order valence-electron chi connectivity index (χ2n) is 4.93. The Morgan fingerprint density at radius 3 is 2.59 bits per heavy atom. The Morgan fingerprint density at radius 1 is 1.35 bits per heavy atom. The number of ether oxygens (including phenoxy) is 1. The van der Waals surface area contributed by atoms with Crippen molar-refractivity contribution in [3.8, 4) is 0 Å². The fourth-order valence-corrected chi connectivity index (χ4v) is 2.09. The number of hydrogen-bond acceptors (Lipinski definition) is 3. The van der Waals surface area contributed by atoms with Crippen molar-refractivity contribution in [3.05, 3.63) is 0 Å². The summed E-state index contributed by atoms with van der Waals surface area (Å²) in [6.07, 6.45) is 5.56. The highest BCUT2D eigenvalue weighted by atomic mass is 32.1. The van der Waals surface area contributed by atoms with Crippen LogP contribution in [0, 0.1) is 5.92 Å². The summed E-state index contributed by atoms with van der Waals surface area (Å²) in [5.74, 6) is 0.334. The molecule has 0 radical (unpaired) electrons. The van der Waals surface area contributed by atoms with E-state index in [-0.39, 0.29) is 0 Å². The molecule has 5 heteroatoms. The number of rotatable bonds is 3. The van der Waals surface area contributed by atoms with Gasteiger partial charge in [0.15, 0.2) is 5.11 Å². The van der Waals surface area contributed by atoms with Gasteiger partial charge in [0.1, 0.15) is 0 Å². The fraction of sp³-hybridized carbons (Fsp3) is 0.833. The number of carbonyl (C=O) groups is 1. The van der Waals surface area contributed by atoms with Crippen molar-refractivity contribution < 1.29 is 9.53 Å². The molecular weight excluding hydrogens is 236 g/mol. The molecule has 4 nitrogen and oxygen atoms in total. The van der Waals surface area contributed by atoms with Crippen LogP contribution >= 0.6 is 12.2 Å². The molecule has 0 spiro atoms. The van der Waals surface area contributed by atoms with Gasteiger partial charge in [0, 0.05) is 6.04 Å². The van der Waals surface area contributed by atoms with E-state index >= 15 is 0 Å². The van der Waals surface area contributed by atoms with E-state index in [0.717, 1.165) is 12.8 Å². The molecule has 0 bridgehead atoms. The summed E-state index contributed by atoms with van der Waals surface area (Å²) in [4.78, 5) is 11.3. The Labute approximate surface area is 108 Å². The summed E-state index contributed by atoms with van der Waals surface area (Å²) in [6, 6.07) is 0.404. The molecule has 0 aromatic rings. The van der Waals surface area contributed by atoms with E-state index in [2.05, 4.69) is 10.6 Å². The maximum atomic E-state index is 11.3. The number of alkyl carbamates (subject to hydrolysis) is 1. The second-order valence-corrected chi connectivity index (χ2v) is 5.33. The van der Waals surface area contributed by atoms with E-state index in [0.29, 0.717) is 23.7 Å². The van der Waals surface area contributed by atoms with Gasteiger partial charge in [0.2, 0.25) is 0 Å². The van der Waals surface area contributed by atoms with Crippen LogP contribution in [0.25, 0.3) is 0 Å². The Balaban J connectivity index is 2.17. The highest BCUT2D eigenvalue weighted by molar-refractivity contribution is 7.80. The van der Waals surface area contributed by atoms with Gasteiger partial charge in [-0.3, -0.25) is 5.32 Å². The Morgan fingerprint density at radius 2 is 2.00 bits per heavy atom. The molecule has 0 aliphatic heterocycles. The zero-order valence-electron chi connectivity index (χ0n) is 10.6. The highest BCUT2D eigenvalue weighted by Crippen LogP contribution is 2.17. The molecule has 1 fully saturated rings. The van der Waals surface area contributed by atoms with Gasteiger partial charge in [-0.25, -0.2) is 4.79 Å². The topological polar surface area (TPSA) is 50.4 Å². The van der Waals surface area contributed by atoms with Crippen LogP contribution in [0.1, 0.15) is 46.0 Å². The van der Waals surface area contributed by atoms with Crippen LogP contribution in [0.15, 0.2) is 0 Å². The number of amides is 1. The first-order valence-electron chi connectivity index (χ1n) is 6.32. The third kappa shape index (κ3) is 6.46. The Bertz CT molecular complexity index is 263. The van der Waals surface area contributed by atoms with E-state index in [4.69, 9.17) is 17.0 Å². The molecule has 17 heavy (non-hydrogen) atoms. The minimum Gasteiger partial charge on any atom is -0.449 e. The minimum absolute atomic E-state index is 0.334. The third-order valence-corrected chi connectivity index (χ3v) is 2.92. The molecule has 1 amide bonds. The maximum Gasteiger partial charge on any atom is 0.413 e. The van der Waals surface area contributed by atoms with Crippen molar-refractivity contribution in [2.45, 2.75) is 52.0 Å². The number of hydrogen-bond donors (Lipinski definition) is 2. The van der Waals surface area contributed by atoms with Gasteiger partial charge >= 0.3 is 6.09 Å². The largest absolute Gasteiger partial charge is 0.449 e. The van der Waals surface area contributed by atoms with Crippen LogP contribution in [0.3, 0.4) is 0 Å². The Kier molecular flexibility index (Phi) is 6.26. The van der Waals surface area contributed by atoms with Gasteiger partial charge in [-0.2, -0.15) is 0 Å². The monoisotopic (exact) mass is 258 g/mol. The molecule has 0 aromatic heterocycles. The second kappa shape index (κ2) is 7.48. The average molecular weight is 258 g/mol. The van der Waals surface area contributed by atoms with E-state index in [9.17, 15) is 4.79 Å². The molecule has 0 atom stereocenters. The SMILES string of the molecule is CC(C)COC(=O)NC(=S)NC1CCCCC1. The van der Waals surface area contributed by atoms with Gasteiger partial charge in [-0.1, -0.05) is 33.1 Å². The van der Waals surface area contributed by atoms with E-state index in [1.54, 1.807) is 0 Å². The average Bonchev–Trinajstić information content (AvgIpc) is 2.27. The lowest BCUT2D eigenvalue weighted by molar-refractivity contribution is 0.138. The normalized spacial score (nSPS) is 16.6. The van der Waals surface area contributed by atoms with Gasteiger partial charge in [-0.15, -0.1) is 0 Å². The van der Waals surface area contributed by atoms with Gasteiger partial charge in [-0.05, 0) is 31.0 Å². The van der Waals surface area contributed by atoms with E-state index < -0.39 is 6.09 Å². The maximum absolute atomic E-state index is 11.3. The van der Waals surface area contributed by atoms with Crippen molar-refractivity contribution >= 4 is 23.4 Å². The van der Waals surface area contributed by atoms with E-state index in [1.807, 2.05) is 13.8 Å². The summed E-state index contributed by atoms with van der Waals surface area (Å²) in [7, 11) is 0. The molecule has 0 unspecified atom stereocenters. The standard InChI is InChI=1S/C12H22N2O2S/c1-9(2)8-16-12(15)14-11(17)13-10-6-4-3-5-7-10/h9-10H,3-8H2,1-2H3,(H2,13,14,15,17). The van der Waals surface area contributed by atoms with Crippen LogP contribution in [0.5, 0.6) is 0 Å². The van der Waals surface area contributed by atoms with Gasteiger partial charge < -0.3 is 10.1 Å². The number of carbonyl (C=O) groups excluding carboxylic acids is 1. The molecule has 0 aromatic carbocycles. The number of thiocarbonyl (C=S) groups is 1. The third-order valence-electron chi connectivity index (χ3n) is 2.70. The van der Waals surface area contributed by atoms with Crippen LogP contribution in [-0.4, -0.2) is 23.9 Å². The van der Waals surface area contributed by atoms with Crippen LogP contribution in [0.2, 0.25) is 0 Å².